The molecule has 0 unspecified atom stereocenters. The number of rotatable bonds is 18. The van der Waals surface area contributed by atoms with Gasteiger partial charge in [0.2, 0.25) is 0 Å². The predicted octanol–water partition coefficient (Wildman–Crippen LogP) is 10.1. The molecule has 0 aliphatic carbocycles. The van der Waals surface area contributed by atoms with E-state index < -0.39 is 12.0 Å². The summed E-state index contributed by atoms with van der Waals surface area (Å²) in [7, 11) is 0. The van der Waals surface area contributed by atoms with Crippen LogP contribution in [0.2, 0.25) is 0 Å². The zero-order valence-electron chi connectivity index (χ0n) is 22.7. The molecule has 204 valence electrons. The highest BCUT2D eigenvalue weighted by Gasteiger charge is 2.39. The van der Waals surface area contributed by atoms with Gasteiger partial charge in [-0.15, -0.1) is 0 Å². The molecule has 0 saturated heterocycles. The number of anilines is 1. The van der Waals surface area contributed by atoms with Gasteiger partial charge in [0.1, 0.15) is 0 Å². The van der Waals surface area contributed by atoms with E-state index in [4.69, 9.17) is 0 Å². The van der Waals surface area contributed by atoms with E-state index in [1.165, 1.54) is 107 Å². The summed E-state index contributed by atoms with van der Waals surface area (Å²) in [5, 5.41) is 0. The Kier molecular flexibility index (Phi) is 14.1. The van der Waals surface area contributed by atoms with Crippen LogP contribution in [-0.4, -0.2) is 25.0 Å². The summed E-state index contributed by atoms with van der Waals surface area (Å²) in [5.74, 6) is -1.81. The van der Waals surface area contributed by atoms with Gasteiger partial charge in [-0.2, -0.15) is 13.2 Å². The van der Waals surface area contributed by atoms with Crippen LogP contribution < -0.4 is 4.90 Å². The molecule has 37 heavy (non-hydrogen) atoms. The number of hydrogen-bond acceptors (Lipinski definition) is 2. The summed E-state index contributed by atoms with van der Waals surface area (Å²) >= 11 is 0. The van der Waals surface area contributed by atoms with Crippen molar-refractivity contribution < 1.29 is 18.0 Å². The van der Waals surface area contributed by atoms with Crippen LogP contribution in [0.4, 0.5) is 18.9 Å². The molecule has 2 aromatic rings. The van der Waals surface area contributed by atoms with Gasteiger partial charge in [0.05, 0.1) is 0 Å². The molecule has 0 aliphatic heterocycles. The molecule has 2 rings (SSSR count). The third kappa shape index (κ3) is 12.0. The van der Waals surface area contributed by atoms with Gasteiger partial charge < -0.3 is 4.90 Å². The molecule has 0 aromatic heterocycles. The first-order chi connectivity index (χ1) is 17.8. The van der Waals surface area contributed by atoms with Crippen LogP contribution in [0.3, 0.4) is 0 Å². The van der Waals surface area contributed by atoms with Crippen LogP contribution >= 0.6 is 0 Å². The second-order valence-corrected chi connectivity index (χ2v) is 9.90. The second-order valence-electron chi connectivity index (χ2n) is 9.90. The number of Topliss-reactive ketones (excluding diaryl/α,β-unsaturated/α-hetero) is 1. The zero-order valence-corrected chi connectivity index (χ0v) is 22.7. The van der Waals surface area contributed by atoms with E-state index in [1.54, 1.807) is 0 Å². The van der Waals surface area contributed by atoms with E-state index in [9.17, 15) is 18.0 Å². The first-order valence-corrected chi connectivity index (χ1v) is 14.1. The Hall–Kier alpha value is -2.56. The average molecular weight is 516 g/mol. The predicted molar refractivity (Wildman–Crippen MR) is 151 cm³/mol. The lowest BCUT2D eigenvalue weighted by molar-refractivity contribution is -0.0885. The molecule has 0 radical (unpaired) electrons. The molecular weight excluding hydrogens is 471 g/mol. The van der Waals surface area contributed by atoms with Crippen LogP contribution in [0.1, 0.15) is 112 Å². The number of benzene rings is 2. The SMILES string of the molecule is CCCCCCCCN(CCCCCCCC)c1ccc(/C=C/c2ccc(C(=O)C(F)(F)F)cc2)cc1. The molecule has 0 heterocycles. The topological polar surface area (TPSA) is 20.3 Å². The zero-order chi connectivity index (χ0) is 26.9. The quantitative estimate of drug-likeness (QED) is 0.112. The highest BCUT2D eigenvalue weighted by atomic mass is 19.4. The maximum absolute atomic E-state index is 12.6. The molecule has 0 spiro atoms. The van der Waals surface area contributed by atoms with Crippen molar-refractivity contribution in [3.05, 3.63) is 65.2 Å². The minimum absolute atomic E-state index is 0.343. The van der Waals surface area contributed by atoms with Gasteiger partial charge in [0.25, 0.3) is 5.78 Å². The van der Waals surface area contributed by atoms with E-state index in [-0.39, 0.29) is 5.56 Å². The van der Waals surface area contributed by atoms with Crippen LogP contribution in [-0.2, 0) is 0 Å². The van der Waals surface area contributed by atoms with Crippen molar-refractivity contribution in [2.24, 2.45) is 0 Å². The fraction of sp³-hybridized carbons (Fsp3) is 0.531. The van der Waals surface area contributed by atoms with Crippen LogP contribution in [0, 0.1) is 0 Å². The van der Waals surface area contributed by atoms with E-state index in [2.05, 4.69) is 43.0 Å². The van der Waals surface area contributed by atoms with Crippen molar-refractivity contribution in [2.75, 3.05) is 18.0 Å². The smallest absolute Gasteiger partial charge is 0.372 e. The average Bonchev–Trinajstić information content (AvgIpc) is 2.90. The van der Waals surface area contributed by atoms with Crippen molar-refractivity contribution >= 4 is 23.6 Å². The molecule has 0 atom stereocenters. The molecule has 0 bridgehead atoms. The Balaban J connectivity index is 1.95. The number of hydrogen-bond donors (Lipinski definition) is 0. The molecule has 0 saturated carbocycles. The lowest BCUT2D eigenvalue weighted by Gasteiger charge is -2.25. The summed E-state index contributed by atoms with van der Waals surface area (Å²) < 4.78 is 37.8. The summed E-state index contributed by atoms with van der Waals surface area (Å²) in [6.45, 7) is 6.66. The van der Waals surface area contributed by atoms with E-state index >= 15 is 0 Å². The van der Waals surface area contributed by atoms with Crippen molar-refractivity contribution in [3.8, 4) is 0 Å². The highest BCUT2D eigenvalue weighted by molar-refractivity contribution is 6.00. The van der Waals surface area contributed by atoms with Crippen LogP contribution in [0.5, 0.6) is 0 Å². The minimum atomic E-state index is -4.85. The molecule has 2 aromatic carbocycles. The fourth-order valence-electron chi connectivity index (χ4n) is 4.43. The number of nitrogens with zero attached hydrogens (tertiary/aromatic N) is 1. The van der Waals surface area contributed by atoms with E-state index in [0.717, 1.165) is 24.2 Å². The lowest BCUT2D eigenvalue weighted by atomic mass is 10.1. The summed E-state index contributed by atoms with van der Waals surface area (Å²) in [4.78, 5) is 13.9. The fourth-order valence-corrected chi connectivity index (χ4v) is 4.43. The van der Waals surface area contributed by atoms with Crippen molar-refractivity contribution in [3.63, 3.8) is 0 Å². The summed E-state index contributed by atoms with van der Waals surface area (Å²) in [6.07, 6.45) is 14.4. The molecule has 0 N–H and O–H groups in total. The monoisotopic (exact) mass is 515 g/mol. The molecule has 5 heteroatoms. The van der Waals surface area contributed by atoms with Crippen molar-refractivity contribution in [1.82, 2.24) is 0 Å². The Morgan fingerprint density at radius 2 is 1.05 bits per heavy atom. The lowest BCUT2D eigenvalue weighted by Crippen LogP contribution is -2.25. The van der Waals surface area contributed by atoms with Gasteiger partial charge in [-0.1, -0.05) is 127 Å². The number of carbonyl (C=O) groups is 1. The maximum Gasteiger partial charge on any atom is 0.454 e. The summed E-state index contributed by atoms with van der Waals surface area (Å²) in [5.41, 5.74) is 2.67. The molecule has 0 amide bonds. The molecule has 0 fully saturated rings. The van der Waals surface area contributed by atoms with Crippen molar-refractivity contribution in [2.45, 2.75) is 97.1 Å². The molecule has 0 aliphatic rings. The Morgan fingerprint density at radius 1 is 0.649 bits per heavy atom. The van der Waals surface area contributed by atoms with Gasteiger partial charge >= 0.3 is 6.18 Å². The largest absolute Gasteiger partial charge is 0.454 e. The van der Waals surface area contributed by atoms with Gasteiger partial charge in [-0.05, 0) is 36.1 Å². The van der Waals surface area contributed by atoms with Crippen LogP contribution in [0.25, 0.3) is 12.2 Å². The number of carbonyl (C=O) groups excluding carboxylic acids is 1. The minimum Gasteiger partial charge on any atom is -0.372 e. The summed E-state index contributed by atoms with van der Waals surface area (Å²) in [6, 6.07) is 14.0. The normalized spacial score (nSPS) is 11.8. The van der Waals surface area contributed by atoms with Crippen molar-refractivity contribution in [1.29, 1.82) is 0 Å². The Bertz CT molecular complexity index is 901. The number of ketones is 1. The van der Waals surface area contributed by atoms with Crippen LogP contribution in [0.15, 0.2) is 48.5 Å². The third-order valence-corrected chi connectivity index (χ3v) is 6.72. The Morgan fingerprint density at radius 3 is 1.49 bits per heavy atom. The number of halogens is 3. The Labute approximate surface area is 222 Å². The first-order valence-electron chi connectivity index (χ1n) is 14.1. The molecular formula is C32H44F3NO. The van der Waals surface area contributed by atoms with Gasteiger partial charge in [-0.3, -0.25) is 4.79 Å². The van der Waals surface area contributed by atoms with Gasteiger partial charge in [0, 0.05) is 24.3 Å². The number of alkyl halides is 3. The van der Waals surface area contributed by atoms with Gasteiger partial charge in [-0.25, -0.2) is 0 Å². The second kappa shape index (κ2) is 17.0. The van der Waals surface area contributed by atoms with Gasteiger partial charge in [0.15, 0.2) is 0 Å². The first kappa shape index (κ1) is 30.7. The highest BCUT2D eigenvalue weighted by Crippen LogP contribution is 2.23. The maximum atomic E-state index is 12.6. The number of unbranched alkanes of at least 4 members (excludes halogenated alkanes) is 10. The molecule has 2 nitrogen and oxygen atoms in total. The van der Waals surface area contributed by atoms with E-state index in [0.29, 0.717) is 0 Å². The van der Waals surface area contributed by atoms with E-state index in [1.807, 2.05) is 12.2 Å². The standard InChI is InChI=1S/C32H44F3NO/c1-3-5-7-9-11-13-25-36(26-14-12-10-8-6-4-2)30-23-19-28(20-24-30)16-15-27-17-21-29(22-18-27)31(37)32(33,34)35/h15-24H,3-14,25-26H2,1-2H3/b16-15+. The third-order valence-electron chi connectivity index (χ3n) is 6.72.